The highest BCUT2D eigenvalue weighted by Crippen LogP contribution is 2.34. The van der Waals surface area contributed by atoms with Gasteiger partial charge in [0.05, 0.1) is 10.8 Å². The van der Waals surface area contributed by atoms with Crippen molar-refractivity contribution >= 4 is 21.9 Å². The lowest BCUT2D eigenvalue weighted by Gasteiger charge is -2.30. The molecule has 166 valence electrons. The number of hydrogen-bond acceptors (Lipinski definition) is 7. The van der Waals surface area contributed by atoms with Gasteiger partial charge >= 0.3 is 5.97 Å². The average molecular weight is 441 g/mol. The zero-order valence-electron chi connectivity index (χ0n) is 17.3. The maximum Gasteiger partial charge on any atom is 0.309 e. The number of carbonyl (C=O) groups excluding carboxylic acids is 2. The molecular weight excluding hydrogens is 412 g/mol. The van der Waals surface area contributed by atoms with Gasteiger partial charge in [0.1, 0.15) is 13.2 Å². The maximum atomic E-state index is 13.0. The summed E-state index contributed by atoms with van der Waals surface area (Å²) < 4.78 is 43.3. The van der Waals surface area contributed by atoms with Crippen molar-refractivity contribution in [2.45, 2.75) is 31.6 Å². The Bertz CT molecular complexity index is 877. The SMILES string of the molecule is CC(C)CNC(=O)COC(=O)C1CCN(S(=O)(=O)c2ccc3c(c2)OCCO3)CC1. The van der Waals surface area contributed by atoms with E-state index in [-0.39, 0.29) is 30.5 Å². The molecule has 1 aromatic carbocycles. The molecule has 1 aromatic rings. The average Bonchev–Trinajstić information content (AvgIpc) is 2.75. The number of nitrogens with zero attached hydrogens (tertiary/aromatic N) is 1. The largest absolute Gasteiger partial charge is 0.486 e. The molecule has 0 bridgehead atoms. The van der Waals surface area contributed by atoms with Crippen LogP contribution in [-0.2, 0) is 24.3 Å². The van der Waals surface area contributed by atoms with E-state index in [2.05, 4.69) is 5.32 Å². The molecule has 0 radical (unpaired) electrons. The molecule has 0 atom stereocenters. The van der Waals surface area contributed by atoms with Gasteiger partial charge in [0.2, 0.25) is 10.0 Å². The number of ether oxygens (including phenoxy) is 3. The number of piperidine rings is 1. The third-order valence-electron chi connectivity index (χ3n) is 4.99. The number of fused-ring (bicyclic) bond motifs is 1. The fourth-order valence-corrected chi connectivity index (χ4v) is 4.77. The number of sulfonamides is 1. The topological polar surface area (TPSA) is 111 Å². The van der Waals surface area contributed by atoms with Gasteiger partial charge < -0.3 is 19.5 Å². The Balaban J connectivity index is 1.52. The molecule has 10 heteroatoms. The number of carbonyl (C=O) groups is 2. The van der Waals surface area contributed by atoms with Crippen molar-refractivity contribution in [3.8, 4) is 11.5 Å². The summed E-state index contributed by atoms with van der Waals surface area (Å²) in [5.41, 5.74) is 0. The maximum absolute atomic E-state index is 13.0. The molecule has 30 heavy (non-hydrogen) atoms. The second-order valence-corrected chi connectivity index (χ2v) is 9.73. The van der Waals surface area contributed by atoms with Gasteiger partial charge in [-0.15, -0.1) is 0 Å². The lowest BCUT2D eigenvalue weighted by atomic mass is 9.98. The fourth-order valence-electron chi connectivity index (χ4n) is 3.29. The lowest BCUT2D eigenvalue weighted by molar-refractivity contribution is -0.153. The molecule has 1 saturated heterocycles. The minimum Gasteiger partial charge on any atom is -0.486 e. The van der Waals surface area contributed by atoms with Gasteiger partial charge in [-0.25, -0.2) is 8.42 Å². The summed E-state index contributed by atoms with van der Waals surface area (Å²) in [6.07, 6.45) is 0.687. The van der Waals surface area contributed by atoms with Crippen molar-refractivity contribution in [2.75, 3.05) is 39.5 Å². The first-order valence-corrected chi connectivity index (χ1v) is 11.5. The van der Waals surface area contributed by atoms with Gasteiger partial charge in [-0.1, -0.05) is 13.8 Å². The van der Waals surface area contributed by atoms with E-state index >= 15 is 0 Å². The van der Waals surface area contributed by atoms with Crippen LogP contribution in [0.25, 0.3) is 0 Å². The summed E-state index contributed by atoms with van der Waals surface area (Å²) in [5.74, 6) is 0.0251. The normalized spacial score (nSPS) is 17.6. The van der Waals surface area contributed by atoms with Crippen LogP contribution in [-0.4, -0.2) is 64.1 Å². The molecule has 2 heterocycles. The van der Waals surface area contributed by atoms with E-state index in [1.807, 2.05) is 13.8 Å². The summed E-state index contributed by atoms with van der Waals surface area (Å²) in [7, 11) is -3.70. The summed E-state index contributed by atoms with van der Waals surface area (Å²) >= 11 is 0. The van der Waals surface area contributed by atoms with Crippen LogP contribution < -0.4 is 14.8 Å². The Hall–Kier alpha value is -2.33. The Morgan fingerprint density at radius 3 is 2.50 bits per heavy atom. The Labute approximate surface area is 176 Å². The van der Waals surface area contributed by atoms with Crippen molar-refractivity contribution in [2.24, 2.45) is 11.8 Å². The standard InChI is InChI=1S/C20H28N2O7S/c1-14(2)12-21-19(23)13-29-20(24)15-5-7-22(8-6-15)30(25,26)16-3-4-17-18(11-16)28-10-9-27-17/h3-4,11,14-15H,5-10,12-13H2,1-2H3,(H,21,23). The van der Waals surface area contributed by atoms with Gasteiger partial charge in [-0.05, 0) is 30.9 Å². The van der Waals surface area contributed by atoms with E-state index in [0.717, 1.165) is 0 Å². The van der Waals surface area contributed by atoms with Crippen LogP contribution in [0, 0.1) is 11.8 Å². The zero-order chi connectivity index (χ0) is 21.7. The highest BCUT2D eigenvalue weighted by molar-refractivity contribution is 7.89. The molecular formula is C20H28N2O7S. The van der Waals surface area contributed by atoms with E-state index in [1.54, 1.807) is 6.07 Å². The van der Waals surface area contributed by atoms with E-state index in [0.29, 0.717) is 50.0 Å². The molecule has 0 unspecified atom stereocenters. The first-order chi connectivity index (χ1) is 14.3. The fraction of sp³-hybridized carbons (Fsp3) is 0.600. The van der Waals surface area contributed by atoms with Gasteiger partial charge in [-0.3, -0.25) is 9.59 Å². The molecule has 2 aliphatic rings. The highest BCUT2D eigenvalue weighted by atomic mass is 32.2. The molecule has 9 nitrogen and oxygen atoms in total. The van der Waals surface area contributed by atoms with Crippen molar-refractivity contribution < 1.29 is 32.2 Å². The molecule has 0 aliphatic carbocycles. The van der Waals surface area contributed by atoms with E-state index < -0.39 is 21.9 Å². The van der Waals surface area contributed by atoms with Crippen LogP contribution in [0.1, 0.15) is 26.7 Å². The third kappa shape index (κ3) is 5.42. The van der Waals surface area contributed by atoms with Crippen molar-refractivity contribution in [1.82, 2.24) is 9.62 Å². The van der Waals surface area contributed by atoms with Crippen molar-refractivity contribution in [1.29, 1.82) is 0 Å². The molecule has 0 aromatic heterocycles. The van der Waals surface area contributed by atoms with Crippen LogP contribution >= 0.6 is 0 Å². The predicted molar refractivity (Wildman–Crippen MR) is 108 cm³/mol. The van der Waals surface area contributed by atoms with E-state index in [9.17, 15) is 18.0 Å². The van der Waals surface area contributed by atoms with Crippen molar-refractivity contribution in [3.63, 3.8) is 0 Å². The van der Waals surface area contributed by atoms with Gasteiger partial charge in [0, 0.05) is 25.7 Å². The van der Waals surface area contributed by atoms with E-state index in [1.165, 1.54) is 16.4 Å². The minimum absolute atomic E-state index is 0.134. The number of nitrogens with one attached hydrogen (secondary N) is 1. The number of benzene rings is 1. The second kappa shape index (κ2) is 9.65. The minimum atomic E-state index is -3.70. The highest BCUT2D eigenvalue weighted by Gasteiger charge is 2.33. The second-order valence-electron chi connectivity index (χ2n) is 7.79. The van der Waals surface area contributed by atoms with Gasteiger partial charge in [-0.2, -0.15) is 4.31 Å². The van der Waals surface area contributed by atoms with Crippen LogP contribution in [0.3, 0.4) is 0 Å². The first-order valence-electron chi connectivity index (χ1n) is 10.1. The molecule has 1 amide bonds. The summed E-state index contributed by atoms with van der Waals surface area (Å²) in [6.45, 7) is 5.36. The molecule has 3 rings (SSSR count). The molecule has 0 spiro atoms. The predicted octanol–water partition coefficient (Wildman–Crippen LogP) is 1.17. The van der Waals surface area contributed by atoms with Gasteiger partial charge in [0.15, 0.2) is 18.1 Å². The molecule has 0 saturated carbocycles. The number of hydrogen-bond donors (Lipinski definition) is 1. The Kier molecular flexibility index (Phi) is 7.19. The smallest absolute Gasteiger partial charge is 0.309 e. The van der Waals surface area contributed by atoms with Crippen LogP contribution in [0.5, 0.6) is 11.5 Å². The summed E-state index contributed by atoms with van der Waals surface area (Å²) in [6, 6.07) is 4.56. The quantitative estimate of drug-likeness (QED) is 0.634. The van der Waals surface area contributed by atoms with Gasteiger partial charge in [0.25, 0.3) is 5.91 Å². The summed E-state index contributed by atoms with van der Waals surface area (Å²) in [5, 5.41) is 2.68. The molecule has 1 fully saturated rings. The van der Waals surface area contributed by atoms with Crippen molar-refractivity contribution in [3.05, 3.63) is 18.2 Å². The first kappa shape index (κ1) is 22.4. The molecule has 2 aliphatic heterocycles. The summed E-state index contributed by atoms with van der Waals surface area (Å²) in [4.78, 5) is 24.0. The van der Waals surface area contributed by atoms with Crippen LogP contribution in [0.2, 0.25) is 0 Å². The Morgan fingerprint density at radius 2 is 1.83 bits per heavy atom. The lowest BCUT2D eigenvalue weighted by Crippen LogP contribution is -2.41. The monoisotopic (exact) mass is 440 g/mol. The number of amides is 1. The van der Waals surface area contributed by atoms with Crippen LogP contribution in [0.15, 0.2) is 23.1 Å². The number of rotatable bonds is 7. The zero-order valence-corrected chi connectivity index (χ0v) is 18.1. The number of esters is 1. The van der Waals surface area contributed by atoms with Crippen LogP contribution in [0.4, 0.5) is 0 Å². The molecule has 1 N–H and O–H groups in total. The van der Waals surface area contributed by atoms with E-state index in [4.69, 9.17) is 14.2 Å². The Morgan fingerprint density at radius 1 is 1.17 bits per heavy atom. The third-order valence-corrected chi connectivity index (χ3v) is 6.89.